The molecule has 0 heterocycles. The van der Waals surface area contributed by atoms with Crippen LogP contribution in [0.3, 0.4) is 0 Å². The third-order valence-corrected chi connectivity index (χ3v) is 3.80. The molecular formula is C13H18ClNO2S. The van der Waals surface area contributed by atoms with Gasteiger partial charge in [0.05, 0.1) is 0 Å². The van der Waals surface area contributed by atoms with Gasteiger partial charge in [-0.05, 0) is 36.4 Å². The SMILES string of the molecule is CCNC(CCSCc1ccc(Cl)cc1)C(=O)O. The number of likely N-dealkylation sites (N-methyl/N-ethyl adjacent to an activating group) is 1. The van der Waals surface area contributed by atoms with Crippen LogP contribution in [0.5, 0.6) is 0 Å². The van der Waals surface area contributed by atoms with Crippen molar-refractivity contribution in [2.45, 2.75) is 25.1 Å². The number of benzene rings is 1. The normalized spacial score (nSPS) is 12.3. The minimum Gasteiger partial charge on any atom is -0.480 e. The maximum absolute atomic E-state index is 10.9. The van der Waals surface area contributed by atoms with Crippen LogP contribution in [0.1, 0.15) is 18.9 Å². The van der Waals surface area contributed by atoms with Crippen molar-refractivity contribution in [1.29, 1.82) is 0 Å². The Bertz CT molecular complexity index is 370. The van der Waals surface area contributed by atoms with E-state index in [1.807, 2.05) is 31.2 Å². The minimum atomic E-state index is -0.774. The highest BCUT2D eigenvalue weighted by Crippen LogP contribution is 2.16. The first-order chi connectivity index (χ1) is 8.63. The molecule has 0 saturated heterocycles. The lowest BCUT2D eigenvalue weighted by molar-refractivity contribution is -0.139. The maximum Gasteiger partial charge on any atom is 0.320 e. The molecule has 0 bridgehead atoms. The van der Waals surface area contributed by atoms with Gasteiger partial charge in [0.2, 0.25) is 0 Å². The molecule has 2 N–H and O–H groups in total. The Kier molecular flexibility index (Phi) is 7.16. The lowest BCUT2D eigenvalue weighted by Crippen LogP contribution is -2.36. The van der Waals surface area contributed by atoms with Gasteiger partial charge in [0.15, 0.2) is 0 Å². The number of carboxylic acids is 1. The van der Waals surface area contributed by atoms with Crippen LogP contribution in [-0.4, -0.2) is 29.4 Å². The van der Waals surface area contributed by atoms with E-state index in [1.54, 1.807) is 11.8 Å². The molecule has 1 atom stereocenters. The topological polar surface area (TPSA) is 49.3 Å². The molecule has 0 aliphatic heterocycles. The van der Waals surface area contributed by atoms with E-state index in [-0.39, 0.29) is 0 Å². The van der Waals surface area contributed by atoms with Crippen LogP contribution in [0, 0.1) is 0 Å². The number of hydrogen-bond donors (Lipinski definition) is 2. The van der Waals surface area contributed by atoms with Crippen LogP contribution in [-0.2, 0) is 10.5 Å². The second kappa shape index (κ2) is 8.40. The molecule has 0 fully saturated rings. The summed E-state index contributed by atoms with van der Waals surface area (Å²) < 4.78 is 0. The van der Waals surface area contributed by atoms with E-state index in [2.05, 4.69) is 5.32 Å². The fourth-order valence-electron chi connectivity index (χ4n) is 1.53. The predicted octanol–water partition coefficient (Wildman–Crippen LogP) is 3.03. The van der Waals surface area contributed by atoms with Crippen LogP contribution in [0.25, 0.3) is 0 Å². The van der Waals surface area contributed by atoms with Gasteiger partial charge in [-0.15, -0.1) is 0 Å². The van der Waals surface area contributed by atoms with E-state index in [0.717, 1.165) is 16.5 Å². The van der Waals surface area contributed by atoms with E-state index in [0.29, 0.717) is 13.0 Å². The highest BCUT2D eigenvalue weighted by Gasteiger charge is 2.14. The van der Waals surface area contributed by atoms with Gasteiger partial charge in [0.25, 0.3) is 0 Å². The van der Waals surface area contributed by atoms with Crippen LogP contribution in [0.4, 0.5) is 0 Å². The summed E-state index contributed by atoms with van der Waals surface area (Å²) in [6.07, 6.45) is 0.640. The molecule has 1 unspecified atom stereocenters. The third-order valence-electron chi connectivity index (χ3n) is 2.48. The number of halogens is 1. The second-order valence-corrected chi connectivity index (χ2v) is 5.46. The third kappa shape index (κ3) is 5.76. The number of hydrogen-bond acceptors (Lipinski definition) is 3. The smallest absolute Gasteiger partial charge is 0.320 e. The number of rotatable bonds is 8. The van der Waals surface area contributed by atoms with Gasteiger partial charge < -0.3 is 10.4 Å². The Morgan fingerprint density at radius 2 is 2.11 bits per heavy atom. The molecule has 0 aliphatic carbocycles. The molecule has 0 amide bonds. The zero-order valence-corrected chi connectivity index (χ0v) is 11.9. The van der Waals surface area contributed by atoms with E-state index in [1.165, 1.54) is 5.56 Å². The largest absolute Gasteiger partial charge is 0.480 e. The fourth-order valence-corrected chi connectivity index (χ4v) is 2.63. The van der Waals surface area contributed by atoms with Crippen molar-refractivity contribution < 1.29 is 9.90 Å². The standard InChI is InChI=1S/C13H18ClNO2S/c1-2-15-12(13(16)17)7-8-18-9-10-3-5-11(14)6-4-10/h3-6,12,15H,2,7-9H2,1H3,(H,16,17). The molecule has 1 rings (SSSR count). The number of thioether (sulfide) groups is 1. The molecule has 0 spiro atoms. The summed E-state index contributed by atoms with van der Waals surface area (Å²) in [6, 6.07) is 7.29. The van der Waals surface area contributed by atoms with E-state index >= 15 is 0 Å². The average molecular weight is 288 g/mol. The summed E-state index contributed by atoms with van der Waals surface area (Å²) >= 11 is 7.54. The number of nitrogens with one attached hydrogen (secondary N) is 1. The molecule has 18 heavy (non-hydrogen) atoms. The molecule has 3 nitrogen and oxygen atoms in total. The predicted molar refractivity (Wildman–Crippen MR) is 77.3 cm³/mol. The molecule has 100 valence electrons. The molecular weight excluding hydrogens is 270 g/mol. The number of carboxylic acid groups (broad SMARTS) is 1. The Hall–Kier alpha value is -0.710. The van der Waals surface area contributed by atoms with Crippen molar-refractivity contribution in [1.82, 2.24) is 5.32 Å². The van der Waals surface area contributed by atoms with Crippen molar-refractivity contribution in [2.75, 3.05) is 12.3 Å². The Labute approximate surface area is 117 Å². The lowest BCUT2D eigenvalue weighted by Gasteiger charge is -2.12. The van der Waals surface area contributed by atoms with Crippen LogP contribution in [0.2, 0.25) is 5.02 Å². The van der Waals surface area contributed by atoms with Crippen molar-refractivity contribution in [3.63, 3.8) is 0 Å². The van der Waals surface area contributed by atoms with Gasteiger partial charge in [-0.3, -0.25) is 4.79 Å². The first-order valence-corrected chi connectivity index (χ1v) is 7.45. The van der Waals surface area contributed by atoms with Crippen LogP contribution in [0.15, 0.2) is 24.3 Å². The van der Waals surface area contributed by atoms with Crippen molar-refractivity contribution in [3.8, 4) is 0 Å². The molecule has 0 aromatic heterocycles. The van der Waals surface area contributed by atoms with Gasteiger partial charge in [0.1, 0.15) is 6.04 Å². The summed E-state index contributed by atoms with van der Waals surface area (Å²) in [4.78, 5) is 10.9. The van der Waals surface area contributed by atoms with Gasteiger partial charge in [-0.25, -0.2) is 0 Å². The molecule has 1 aromatic rings. The van der Waals surface area contributed by atoms with Gasteiger partial charge in [0, 0.05) is 10.8 Å². The summed E-state index contributed by atoms with van der Waals surface area (Å²) in [6.45, 7) is 2.59. The zero-order chi connectivity index (χ0) is 13.4. The van der Waals surface area contributed by atoms with E-state index < -0.39 is 12.0 Å². The summed E-state index contributed by atoms with van der Waals surface area (Å²) in [7, 11) is 0. The quantitative estimate of drug-likeness (QED) is 0.722. The highest BCUT2D eigenvalue weighted by atomic mass is 35.5. The molecule has 0 aliphatic rings. The molecule has 5 heteroatoms. The fraction of sp³-hybridized carbons (Fsp3) is 0.462. The molecule has 0 saturated carbocycles. The van der Waals surface area contributed by atoms with Gasteiger partial charge >= 0.3 is 5.97 Å². The first kappa shape index (κ1) is 15.3. The monoisotopic (exact) mass is 287 g/mol. The number of carbonyl (C=O) groups is 1. The van der Waals surface area contributed by atoms with Crippen molar-refractivity contribution in [2.24, 2.45) is 0 Å². The molecule has 1 aromatic carbocycles. The van der Waals surface area contributed by atoms with E-state index in [9.17, 15) is 4.79 Å². The summed E-state index contributed by atoms with van der Waals surface area (Å²) in [5, 5.41) is 12.7. The van der Waals surface area contributed by atoms with Gasteiger partial charge in [-0.1, -0.05) is 30.7 Å². The minimum absolute atomic E-state index is 0.437. The molecule has 0 radical (unpaired) electrons. The average Bonchev–Trinajstić information content (AvgIpc) is 2.35. The lowest BCUT2D eigenvalue weighted by atomic mass is 10.2. The Morgan fingerprint density at radius 3 is 2.67 bits per heavy atom. The van der Waals surface area contributed by atoms with Crippen LogP contribution < -0.4 is 5.32 Å². The Morgan fingerprint density at radius 1 is 1.44 bits per heavy atom. The Balaban J connectivity index is 2.25. The second-order valence-electron chi connectivity index (χ2n) is 3.92. The van der Waals surface area contributed by atoms with Crippen molar-refractivity contribution in [3.05, 3.63) is 34.9 Å². The number of aliphatic carboxylic acids is 1. The van der Waals surface area contributed by atoms with Crippen LogP contribution >= 0.6 is 23.4 Å². The summed E-state index contributed by atoms with van der Waals surface area (Å²) in [5.41, 5.74) is 1.21. The first-order valence-electron chi connectivity index (χ1n) is 5.92. The van der Waals surface area contributed by atoms with Gasteiger partial charge in [-0.2, -0.15) is 11.8 Å². The highest BCUT2D eigenvalue weighted by molar-refractivity contribution is 7.98. The van der Waals surface area contributed by atoms with E-state index in [4.69, 9.17) is 16.7 Å². The van der Waals surface area contributed by atoms with Crippen molar-refractivity contribution >= 4 is 29.3 Å². The maximum atomic E-state index is 10.9. The zero-order valence-electron chi connectivity index (χ0n) is 10.4. The summed E-state index contributed by atoms with van der Waals surface area (Å²) in [5.74, 6) is 0.936.